The van der Waals surface area contributed by atoms with Gasteiger partial charge in [0, 0.05) is 6.54 Å². The summed E-state index contributed by atoms with van der Waals surface area (Å²) >= 11 is 0. The Morgan fingerprint density at radius 3 is 2.32 bits per heavy atom. The van der Waals surface area contributed by atoms with Crippen LogP contribution in [0.4, 0.5) is 0 Å². The van der Waals surface area contributed by atoms with Crippen molar-refractivity contribution in [3.05, 3.63) is 12.7 Å². The van der Waals surface area contributed by atoms with Crippen LogP contribution in [0.15, 0.2) is 12.7 Å². The van der Waals surface area contributed by atoms with Gasteiger partial charge < -0.3 is 10.2 Å². The molecule has 3 rings (SSSR count). The lowest BCUT2D eigenvalue weighted by Gasteiger charge is -2.50. The smallest absolute Gasteiger partial charge is 0.249 e. The van der Waals surface area contributed by atoms with E-state index in [-0.39, 0.29) is 11.8 Å². The van der Waals surface area contributed by atoms with Crippen molar-refractivity contribution < 1.29 is 9.59 Å². The number of nitrogens with one attached hydrogen (secondary N) is 1. The summed E-state index contributed by atoms with van der Waals surface area (Å²) in [6, 6.07) is 0. The standard InChI is InChI=1S/C15H22N2O2/c1-4-9-17-13(19)14(2,10-5-6-10)16-12(18)15(17,3)11-7-8-11/h4,10-11H,1,5-9H2,2-3H3,(H,16,18). The van der Waals surface area contributed by atoms with Gasteiger partial charge in [-0.2, -0.15) is 0 Å². The first-order chi connectivity index (χ1) is 8.94. The summed E-state index contributed by atoms with van der Waals surface area (Å²) in [5.74, 6) is 0.704. The molecule has 2 saturated carbocycles. The number of hydrogen-bond donors (Lipinski definition) is 1. The zero-order valence-electron chi connectivity index (χ0n) is 11.7. The van der Waals surface area contributed by atoms with Crippen LogP contribution in [-0.4, -0.2) is 34.3 Å². The van der Waals surface area contributed by atoms with Crippen LogP contribution in [0.25, 0.3) is 0 Å². The van der Waals surface area contributed by atoms with Gasteiger partial charge in [-0.1, -0.05) is 6.08 Å². The van der Waals surface area contributed by atoms with Crippen molar-refractivity contribution in [2.45, 2.75) is 50.6 Å². The molecule has 1 N–H and O–H groups in total. The first kappa shape index (κ1) is 12.7. The maximum Gasteiger partial charge on any atom is 0.249 e. The van der Waals surface area contributed by atoms with Crippen LogP contribution < -0.4 is 5.32 Å². The molecule has 0 aromatic rings. The van der Waals surface area contributed by atoms with E-state index in [0.717, 1.165) is 25.7 Å². The fourth-order valence-electron chi connectivity index (χ4n) is 3.42. The highest BCUT2D eigenvalue weighted by Gasteiger charge is 2.62. The third kappa shape index (κ3) is 1.65. The van der Waals surface area contributed by atoms with E-state index in [2.05, 4.69) is 11.9 Å². The fraction of sp³-hybridized carbons (Fsp3) is 0.733. The summed E-state index contributed by atoms with van der Waals surface area (Å²) in [6.07, 6.45) is 5.86. The Hall–Kier alpha value is -1.32. The van der Waals surface area contributed by atoms with E-state index in [9.17, 15) is 9.59 Å². The molecule has 2 unspecified atom stereocenters. The summed E-state index contributed by atoms with van der Waals surface area (Å²) < 4.78 is 0. The Balaban J connectivity index is 1.98. The highest BCUT2D eigenvalue weighted by Crippen LogP contribution is 2.49. The molecule has 0 spiro atoms. The van der Waals surface area contributed by atoms with Gasteiger partial charge in [-0.3, -0.25) is 9.59 Å². The fourth-order valence-corrected chi connectivity index (χ4v) is 3.42. The van der Waals surface area contributed by atoms with Crippen molar-refractivity contribution in [3.63, 3.8) is 0 Å². The van der Waals surface area contributed by atoms with Crippen molar-refractivity contribution in [1.29, 1.82) is 0 Å². The largest absolute Gasteiger partial charge is 0.340 e. The first-order valence-corrected chi connectivity index (χ1v) is 7.20. The Kier molecular flexibility index (Phi) is 2.57. The number of nitrogens with zero attached hydrogens (tertiary/aromatic N) is 1. The van der Waals surface area contributed by atoms with E-state index >= 15 is 0 Å². The Morgan fingerprint density at radius 2 is 1.84 bits per heavy atom. The number of amides is 2. The molecule has 1 heterocycles. The molecule has 1 aliphatic heterocycles. The van der Waals surface area contributed by atoms with Crippen LogP contribution in [0, 0.1) is 11.8 Å². The van der Waals surface area contributed by atoms with Gasteiger partial charge in [-0.25, -0.2) is 0 Å². The van der Waals surface area contributed by atoms with Gasteiger partial charge in [0.05, 0.1) is 0 Å². The third-order valence-corrected chi connectivity index (χ3v) is 5.16. The van der Waals surface area contributed by atoms with Crippen LogP contribution in [0.5, 0.6) is 0 Å². The van der Waals surface area contributed by atoms with Crippen molar-refractivity contribution in [3.8, 4) is 0 Å². The molecule has 4 heteroatoms. The van der Waals surface area contributed by atoms with Crippen molar-refractivity contribution in [2.24, 2.45) is 11.8 Å². The topological polar surface area (TPSA) is 49.4 Å². The second-order valence-electron chi connectivity index (χ2n) is 6.56. The van der Waals surface area contributed by atoms with Gasteiger partial charge in [0.1, 0.15) is 11.1 Å². The van der Waals surface area contributed by atoms with E-state index in [1.165, 1.54) is 0 Å². The molecule has 2 amide bonds. The summed E-state index contributed by atoms with van der Waals surface area (Å²) in [7, 11) is 0. The lowest BCUT2D eigenvalue weighted by Crippen LogP contribution is -2.75. The quantitative estimate of drug-likeness (QED) is 0.780. The summed E-state index contributed by atoms with van der Waals surface area (Å²) in [5.41, 5.74) is -1.38. The van der Waals surface area contributed by atoms with Crippen LogP contribution in [-0.2, 0) is 9.59 Å². The third-order valence-electron chi connectivity index (χ3n) is 5.16. The molecule has 3 aliphatic rings. The molecule has 4 nitrogen and oxygen atoms in total. The van der Waals surface area contributed by atoms with Gasteiger partial charge in [0.15, 0.2) is 0 Å². The van der Waals surface area contributed by atoms with Crippen molar-refractivity contribution in [1.82, 2.24) is 10.2 Å². The second kappa shape index (κ2) is 3.84. The molecule has 19 heavy (non-hydrogen) atoms. The average molecular weight is 262 g/mol. The minimum Gasteiger partial charge on any atom is -0.340 e. The van der Waals surface area contributed by atoms with E-state index in [0.29, 0.717) is 18.4 Å². The molecule has 0 aromatic heterocycles. The van der Waals surface area contributed by atoms with E-state index < -0.39 is 11.1 Å². The van der Waals surface area contributed by atoms with Crippen molar-refractivity contribution >= 4 is 11.8 Å². The van der Waals surface area contributed by atoms with Crippen LogP contribution in [0.3, 0.4) is 0 Å². The molecular weight excluding hydrogens is 240 g/mol. The number of piperazine rings is 1. The van der Waals surface area contributed by atoms with Crippen molar-refractivity contribution in [2.75, 3.05) is 6.54 Å². The zero-order valence-corrected chi connectivity index (χ0v) is 11.7. The molecular formula is C15H22N2O2. The van der Waals surface area contributed by atoms with Gasteiger partial charge in [-0.05, 0) is 51.4 Å². The molecule has 2 atom stereocenters. The maximum absolute atomic E-state index is 12.9. The second-order valence-corrected chi connectivity index (χ2v) is 6.56. The Bertz CT molecular complexity index is 453. The average Bonchev–Trinajstić information content (AvgIpc) is 3.21. The minimum absolute atomic E-state index is 0.0193. The first-order valence-electron chi connectivity index (χ1n) is 7.20. The molecule has 1 saturated heterocycles. The van der Waals surface area contributed by atoms with Gasteiger partial charge >= 0.3 is 0 Å². The van der Waals surface area contributed by atoms with Crippen LogP contribution in [0.2, 0.25) is 0 Å². The lowest BCUT2D eigenvalue weighted by atomic mass is 9.81. The number of carbonyl (C=O) groups is 2. The number of hydrogen-bond acceptors (Lipinski definition) is 2. The van der Waals surface area contributed by atoms with E-state index in [4.69, 9.17) is 0 Å². The van der Waals surface area contributed by atoms with Gasteiger partial charge in [0.2, 0.25) is 11.8 Å². The normalized spacial score (nSPS) is 39.2. The minimum atomic E-state index is -0.700. The summed E-state index contributed by atoms with van der Waals surface area (Å²) in [4.78, 5) is 27.3. The monoisotopic (exact) mass is 262 g/mol. The highest BCUT2D eigenvalue weighted by atomic mass is 16.2. The van der Waals surface area contributed by atoms with E-state index in [1.54, 1.807) is 11.0 Å². The number of rotatable bonds is 4. The Labute approximate surface area is 114 Å². The predicted octanol–water partition coefficient (Wildman–Crippen LogP) is 1.47. The lowest BCUT2D eigenvalue weighted by molar-refractivity contribution is -0.163. The maximum atomic E-state index is 12.9. The zero-order chi connectivity index (χ0) is 13.8. The van der Waals surface area contributed by atoms with Crippen LogP contribution in [0.1, 0.15) is 39.5 Å². The molecule has 0 aromatic carbocycles. The molecule has 3 fully saturated rings. The molecule has 0 bridgehead atoms. The van der Waals surface area contributed by atoms with Crippen LogP contribution >= 0.6 is 0 Å². The summed E-state index contributed by atoms with van der Waals surface area (Å²) in [6.45, 7) is 8.00. The predicted molar refractivity (Wildman–Crippen MR) is 72.3 cm³/mol. The molecule has 0 radical (unpaired) electrons. The highest BCUT2D eigenvalue weighted by molar-refractivity contribution is 6.02. The van der Waals surface area contributed by atoms with Gasteiger partial charge in [0.25, 0.3) is 0 Å². The summed E-state index contributed by atoms with van der Waals surface area (Å²) in [5, 5.41) is 3.04. The SMILES string of the molecule is C=CCN1C(=O)C(C)(C2CC2)NC(=O)C1(C)C1CC1. The molecule has 104 valence electrons. The van der Waals surface area contributed by atoms with E-state index in [1.807, 2.05) is 13.8 Å². The number of carbonyl (C=O) groups excluding carboxylic acids is 2. The van der Waals surface area contributed by atoms with Gasteiger partial charge in [-0.15, -0.1) is 6.58 Å². The Morgan fingerprint density at radius 1 is 1.26 bits per heavy atom. The molecule has 2 aliphatic carbocycles.